The molecule has 100 valence electrons. The number of hydrogen-bond donors (Lipinski definition) is 1. The lowest BCUT2D eigenvalue weighted by atomic mass is 9.90. The van der Waals surface area contributed by atoms with Crippen molar-refractivity contribution in [1.29, 1.82) is 0 Å². The SMILES string of the molecule is CNCC1COCCN1C1CCCC(OC)C1. The van der Waals surface area contributed by atoms with Gasteiger partial charge < -0.3 is 14.8 Å². The van der Waals surface area contributed by atoms with Gasteiger partial charge in [0.2, 0.25) is 0 Å². The Bertz CT molecular complexity index is 223. The van der Waals surface area contributed by atoms with E-state index in [2.05, 4.69) is 10.2 Å². The van der Waals surface area contributed by atoms with Crippen molar-refractivity contribution < 1.29 is 9.47 Å². The summed E-state index contributed by atoms with van der Waals surface area (Å²) in [5, 5.41) is 3.28. The highest BCUT2D eigenvalue weighted by molar-refractivity contribution is 4.87. The molecule has 3 unspecified atom stereocenters. The Balaban J connectivity index is 1.92. The first-order valence-corrected chi connectivity index (χ1v) is 6.86. The first kappa shape index (κ1) is 13.3. The Morgan fingerprint density at radius 2 is 2.29 bits per heavy atom. The number of likely N-dealkylation sites (N-methyl/N-ethyl adjacent to an activating group) is 1. The topological polar surface area (TPSA) is 33.7 Å². The molecule has 1 heterocycles. The predicted molar refractivity (Wildman–Crippen MR) is 68.3 cm³/mol. The van der Waals surface area contributed by atoms with E-state index in [1.807, 2.05) is 14.2 Å². The Kier molecular flexibility index (Phi) is 5.22. The van der Waals surface area contributed by atoms with E-state index in [1.54, 1.807) is 0 Å². The van der Waals surface area contributed by atoms with Crippen LogP contribution in [0.25, 0.3) is 0 Å². The van der Waals surface area contributed by atoms with Crippen LogP contribution in [0.4, 0.5) is 0 Å². The van der Waals surface area contributed by atoms with Crippen molar-refractivity contribution >= 4 is 0 Å². The van der Waals surface area contributed by atoms with Gasteiger partial charge in [0, 0.05) is 32.3 Å². The minimum Gasteiger partial charge on any atom is -0.381 e. The van der Waals surface area contributed by atoms with E-state index in [-0.39, 0.29) is 0 Å². The van der Waals surface area contributed by atoms with Crippen molar-refractivity contribution in [3.05, 3.63) is 0 Å². The Morgan fingerprint density at radius 3 is 3.06 bits per heavy atom. The monoisotopic (exact) mass is 242 g/mol. The van der Waals surface area contributed by atoms with Crippen molar-refractivity contribution in [2.75, 3.05) is 40.5 Å². The zero-order chi connectivity index (χ0) is 12.1. The van der Waals surface area contributed by atoms with E-state index >= 15 is 0 Å². The second-order valence-electron chi connectivity index (χ2n) is 5.20. The van der Waals surface area contributed by atoms with E-state index in [0.717, 1.165) is 26.3 Å². The first-order valence-electron chi connectivity index (χ1n) is 6.86. The number of ether oxygens (including phenoxy) is 2. The molecule has 2 rings (SSSR count). The number of hydrogen-bond acceptors (Lipinski definition) is 4. The van der Waals surface area contributed by atoms with Gasteiger partial charge in [-0.3, -0.25) is 4.90 Å². The average molecular weight is 242 g/mol. The van der Waals surface area contributed by atoms with Crippen LogP contribution in [0.2, 0.25) is 0 Å². The van der Waals surface area contributed by atoms with E-state index in [9.17, 15) is 0 Å². The van der Waals surface area contributed by atoms with Crippen LogP contribution in [-0.2, 0) is 9.47 Å². The van der Waals surface area contributed by atoms with E-state index in [4.69, 9.17) is 9.47 Å². The summed E-state index contributed by atoms with van der Waals surface area (Å²) >= 11 is 0. The Labute approximate surface area is 105 Å². The van der Waals surface area contributed by atoms with Gasteiger partial charge in [-0.2, -0.15) is 0 Å². The molecule has 1 saturated heterocycles. The number of morpholine rings is 1. The predicted octanol–water partition coefficient (Wildman–Crippen LogP) is 0.864. The van der Waals surface area contributed by atoms with Crippen LogP contribution in [0.3, 0.4) is 0 Å². The van der Waals surface area contributed by atoms with Crippen molar-refractivity contribution in [3.63, 3.8) is 0 Å². The van der Waals surface area contributed by atoms with Crippen molar-refractivity contribution in [3.8, 4) is 0 Å². The molecule has 17 heavy (non-hydrogen) atoms. The zero-order valence-corrected chi connectivity index (χ0v) is 11.2. The molecule has 4 heteroatoms. The minimum atomic E-state index is 0.465. The summed E-state index contributed by atoms with van der Waals surface area (Å²) in [5.74, 6) is 0. The standard InChI is InChI=1S/C13H26N2O2/c1-14-9-12-10-17-7-6-15(12)11-4-3-5-13(8-11)16-2/h11-14H,3-10H2,1-2H3. The van der Waals surface area contributed by atoms with Crippen LogP contribution >= 0.6 is 0 Å². The van der Waals surface area contributed by atoms with E-state index in [1.165, 1.54) is 25.7 Å². The lowest BCUT2D eigenvalue weighted by Crippen LogP contribution is -2.55. The van der Waals surface area contributed by atoms with Crippen molar-refractivity contribution in [2.24, 2.45) is 0 Å². The lowest BCUT2D eigenvalue weighted by Gasteiger charge is -2.43. The zero-order valence-electron chi connectivity index (χ0n) is 11.2. The minimum absolute atomic E-state index is 0.465. The molecule has 2 fully saturated rings. The normalized spacial score (nSPS) is 36.0. The van der Waals surface area contributed by atoms with Crippen molar-refractivity contribution in [2.45, 2.75) is 43.9 Å². The number of nitrogens with one attached hydrogen (secondary N) is 1. The Hall–Kier alpha value is -0.160. The molecule has 0 spiro atoms. The third kappa shape index (κ3) is 3.41. The molecule has 1 aliphatic heterocycles. The van der Waals surface area contributed by atoms with Crippen LogP contribution < -0.4 is 5.32 Å². The summed E-state index contributed by atoms with van der Waals surface area (Å²) in [7, 11) is 3.86. The molecule has 0 amide bonds. The maximum atomic E-state index is 5.60. The van der Waals surface area contributed by atoms with Crippen LogP contribution in [0.1, 0.15) is 25.7 Å². The second kappa shape index (κ2) is 6.69. The molecule has 3 atom stereocenters. The largest absolute Gasteiger partial charge is 0.381 e. The maximum absolute atomic E-state index is 5.60. The lowest BCUT2D eigenvalue weighted by molar-refractivity contribution is -0.0524. The van der Waals surface area contributed by atoms with Gasteiger partial charge in [0.05, 0.1) is 19.3 Å². The van der Waals surface area contributed by atoms with Gasteiger partial charge in [0.15, 0.2) is 0 Å². The Morgan fingerprint density at radius 1 is 1.41 bits per heavy atom. The number of rotatable bonds is 4. The smallest absolute Gasteiger partial charge is 0.0634 e. The fourth-order valence-electron chi connectivity index (χ4n) is 3.20. The molecule has 4 nitrogen and oxygen atoms in total. The molecule has 0 bridgehead atoms. The molecule has 0 radical (unpaired) electrons. The van der Waals surface area contributed by atoms with Gasteiger partial charge in [-0.15, -0.1) is 0 Å². The van der Waals surface area contributed by atoms with Crippen LogP contribution in [0.5, 0.6) is 0 Å². The summed E-state index contributed by atoms with van der Waals surface area (Å²) in [4.78, 5) is 2.64. The molecular weight excluding hydrogens is 216 g/mol. The molecule has 1 aliphatic carbocycles. The van der Waals surface area contributed by atoms with Gasteiger partial charge in [0.1, 0.15) is 0 Å². The van der Waals surface area contributed by atoms with Gasteiger partial charge in [-0.05, 0) is 32.7 Å². The van der Waals surface area contributed by atoms with E-state index in [0.29, 0.717) is 18.2 Å². The molecule has 0 aromatic carbocycles. The highest BCUT2D eigenvalue weighted by atomic mass is 16.5. The van der Waals surface area contributed by atoms with Gasteiger partial charge in [-0.1, -0.05) is 0 Å². The third-order valence-corrected chi connectivity index (χ3v) is 4.11. The van der Waals surface area contributed by atoms with Crippen molar-refractivity contribution in [1.82, 2.24) is 10.2 Å². The van der Waals surface area contributed by atoms with E-state index < -0.39 is 0 Å². The quantitative estimate of drug-likeness (QED) is 0.793. The summed E-state index contributed by atoms with van der Waals surface area (Å²) in [5.41, 5.74) is 0. The molecule has 0 aromatic rings. The highest BCUT2D eigenvalue weighted by Crippen LogP contribution is 2.27. The van der Waals surface area contributed by atoms with Gasteiger partial charge in [-0.25, -0.2) is 0 Å². The van der Waals surface area contributed by atoms with Crippen LogP contribution in [0, 0.1) is 0 Å². The molecule has 1 saturated carbocycles. The third-order valence-electron chi connectivity index (χ3n) is 4.11. The van der Waals surface area contributed by atoms with Gasteiger partial charge >= 0.3 is 0 Å². The molecule has 1 N–H and O–H groups in total. The molecular formula is C13H26N2O2. The van der Waals surface area contributed by atoms with Gasteiger partial charge in [0.25, 0.3) is 0 Å². The molecule has 2 aliphatic rings. The summed E-state index contributed by atoms with van der Waals surface area (Å²) in [6, 6.07) is 1.23. The summed E-state index contributed by atoms with van der Waals surface area (Å²) in [6.07, 6.45) is 5.50. The van der Waals surface area contributed by atoms with Crippen LogP contribution in [-0.4, -0.2) is 63.5 Å². The van der Waals surface area contributed by atoms with Crippen LogP contribution in [0.15, 0.2) is 0 Å². The fourth-order valence-corrected chi connectivity index (χ4v) is 3.20. The fraction of sp³-hybridized carbons (Fsp3) is 1.00. The second-order valence-corrected chi connectivity index (χ2v) is 5.20. The summed E-state index contributed by atoms with van der Waals surface area (Å²) < 4.78 is 11.1. The number of nitrogens with zero attached hydrogens (tertiary/aromatic N) is 1. The highest BCUT2D eigenvalue weighted by Gasteiger charge is 2.32. The molecule has 0 aromatic heterocycles. The first-order chi connectivity index (χ1) is 8.35. The average Bonchev–Trinajstić information content (AvgIpc) is 2.40. The number of methoxy groups -OCH3 is 1. The summed E-state index contributed by atoms with van der Waals surface area (Å²) in [6.45, 7) is 3.85. The maximum Gasteiger partial charge on any atom is 0.0634 e.